The third-order valence-electron chi connectivity index (χ3n) is 7.97. The van der Waals surface area contributed by atoms with Crippen LogP contribution >= 0.6 is 0 Å². The molecule has 6 heterocycles. The van der Waals surface area contributed by atoms with Crippen molar-refractivity contribution in [2.75, 3.05) is 19.7 Å². The SMILES string of the molecule is Cc1nc(-n2cnnn2)ccc1[C@@H](O)CN1[C@@H]2CC[C@@H]1CC1(CCN(C3=CC(=O)OC3)C1=O)C2. The fraction of sp³-hybridized carbons (Fsp3) is 0.565. The molecule has 2 aromatic heterocycles. The summed E-state index contributed by atoms with van der Waals surface area (Å²) < 4.78 is 6.50. The molecule has 0 saturated carbocycles. The number of esters is 1. The summed E-state index contributed by atoms with van der Waals surface area (Å²) in [4.78, 5) is 33.6. The molecular weight excluding hydrogens is 438 g/mol. The minimum atomic E-state index is -0.671. The number of fused-ring (bicyclic) bond motifs is 2. The average molecular weight is 466 g/mol. The van der Waals surface area contributed by atoms with Crippen molar-refractivity contribution in [2.24, 2.45) is 5.41 Å². The number of piperidine rings is 1. The van der Waals surface area contributed by atoms with Gasteiger partial charge < -0.3 is 14.7 Å². The molecule has 34 heavy (non-hydrogen) atoms. The molecule has 0 aliphatic carbocycles. The number of aromatic nitrogens is 5. The first-order chi connectivity index (χ1) is 16.4. The van der Waals surface area contributed by atoms with Crippen LogP contribution in [0, 0.1) is 12.3 Å². The number of nitrogens with zero attached hydrogens (tertiary/aromatic N) is 7. The lowest BCUT2D eigenvalue weighted by atomic mass is 9.73. The highest BCUT2D eigenvalue weighted by molar-refractivity contribution is 5.90. The molecule has 4 aliphatic rings. The first kappa shape index (κ1) is 21.4. The number of ether oxygens (including phenoxy) is 1. The molecule has 3 atom stereocenters. The molecule has 11 nitrogen and oxygen atoms in total. The van der Waals surface area contributed by atoms with E-state index in [2.05, 4.69) is 25.4 Å². The highest BCUT2D eigenvalue weighted by atomic mass is 16.5. The van der Waals surface area contributed by atoms with Gasteiger partial charge in [0.05, 0.1) is 17.2 Å². The molecule has 11 heteroatoms. The number of pyridine rings is 1. The number of likely N-dealkylation sites (tertiary alicyclic amines) is 1. The first-order valence-electron chi connectivity index (χ1n) is 11.8. The average Bonchev–Trinajstić information content (AvgIpc) is 3.59. The quantitative estimate of drug-likeness (QED) is 0.635. The summed E-state index contributed by atoms with van der Waals surface area (Å²) >= 11 is 0. The van der Waals surface area contributed by atoms with E-state index in [-0.39, 0.29) is 36.0 Å². The van der Waals surface area contributed by atoms with E-state index in [9.17, 15) is 14.7 Å². The maximum absolute atomic E-state index is 13.4. The number of tetrazole rings is 1. The minimum absolute atomic E-state index is 0.132. The Morgan fingerprint density at radius 3 is 2.68 bits per heavy atom. The number of carbonyl (C=O) groups is 2. The Morgan fingerprint density at radius 2 is 2.03 bits per heavy atom. The standard InChI is InChI=1S/C23H27N7O4/c1-14-18(4-5-20(25-14)30-13-24-26-27-30)19(31)11-29-15-2-3-16(29)10-23(9-15)6-7-28(22(23)33)17-8-21(32)34-12-17/h4-5,8,13,15-16,19,31H,2-3,6-7,9-12H2,1H3/t15-,16-,19+/m1/s1. The van der Waals surface area contributed by atoms with E-state index in [1.807, 2.05) is 13.0 Å². The van der Waals surface area contributed by atoms with Crippen LogP contribution in [0.2, 0.25) is 0 Å². The van der Waals surface area contributed by atoms with Crippen molar-refractivity contribution >= 4 is 11.9 Å². The van der Waals surface area contributed by atoms with E-state index in [0.29, 0.717) is 24.6 Å². The van der Waals surface area contributed by atoms with Gasteiger partial charge in [0.1, 0.15) is 12.9 Å². The van der Waals surface area contributed by atoms with E-state index in [4.69, 9.17) is 4.74 Å². The molecule has 0 aromatic carbocycles. The lowest BCUT2D eigenvalue weighted by Gasteiger charge is -2.44. The van der Waals surface area contributed by atoms with Gasteiger partial charge in [0, 0.05) is 42.5 Å². The maximum Gasteiger partial charge on any atom is 0.333 e. The van der Waals surface area contributed by atoms with Gasteiger partial charge in [0.25, 0.3) is 0 Å². The molecule has 2 aromatic rings. The lowest BCUT2D eigenvalue weighted by Crippen LogP contribution is -2.51. The van der Waals surface area contributed by atoms with E-state index in [1.165, 1.54) is 17.1 Å². The van der Waals surface area contributed by atoms with Crippen molar-refractivity contribution in [2.45, 2.75) is 57.2 Å². The topological polar surface area (TPSA) is 127 Å². The van der Waals surface area contributed by atoms with Gasteiger partial charge in [-0.15, -0.1) is 5.10 Å². The zero-order chi connectivity index (χ0) is 23.4. The molecule has 0 radical (unpaired) electrons. The Balaban J connectivity index is 1.15. The number of carbonyl (C=O) groups excluding carboxylic acids is 2. The van der Waals surface area contributed by atoms with Crippen molar-refractivity contribution in [3.63, 3.8) is 0 Å². The number of aliphatic hydroxyl groups is 1. The molecular formula is C23H27N7O4. The summed E-state index contributed by atoms with van der Waals surface area (Å²) in [5.41, 5.74) is 1.84. The normalized spacial score (nSPS) is 29.7. The van der Waals surface area contributed by atoms with Gasteiger partial charge in [-0.05, 0) is 55.5 Å². The summed E-state index contributed by atoms with van der Waals surface area (Å²) in [5.74, 6) is 0.364. The molecule has 4 aliphatic heterocycles. The van der Waals surface area contributed by atoms with E-state index in [1.54, 1.807) is 11.0 Å². The zero-order valence-corrected chi connectivity index (χ0v) is 19.0. The number of aryl methyl sites for hydroxylation is 1. The fourth-order valence-corrected chi connectivity index (χ4v) is 6.33. The molecule has 178 valence electrons. The smallest absolute Gasteiger partial charge is 0.333 e. The second-order valence-corrected chi connectivity index (χ2v) is 9.83. The van der Waals surface area contributed by atoms with Crippen LogP contribution in [0.5, 0.6) is 0 Å². The van der Waals surface area contributed by atoms with Gasteiger partial charge in [0.15, 0.2) is 5.82 Å². The summed E-state index contributed by atoms with van der Waals surface area (Å²) in [7, 11) is 0. The van der Waals surface area contributed by atoms with Gasteiger partial charge in [-0.3, -0.25) is 9.69 Å². The van der Waals surface area contributed by atoms with Gasteiger partial charge in [0.2, 0.25) is 5.91 Å². The Morgan fingerprint density at radius 1 is 1.24 bits per heavy atom. The molecule has 1 amide bonds. The predicted octanol–water partition coefficient (Wildman–Crippen LogP) is 0.685. The summed E-state index contributed by atoms with van der Waals surface area (Å²) in [6.07, 6.45) is 6.72. The Labute approximate surface area is 196 Å². The van der Waals surface area contributed by atoms with Crippen LogP contribution in [0.3, 0.4) is 0 Å². The Kier molecular flexibility index (Phi) is 4.99. The first-order valence-corrected chi connectivity index (χ1v) is 11.8. The van der Waals surface area contributed by atoms with Crippen molar-refractivity contribution in [3.8, 4) is 5.82 Å². The number of hydrogen-bond acceptors (Lipinski definition) is 9. The van der Waals surface area contributed by atoms with Gasteiger partial charge in [-0.1, -0.05) is 6.07 Å². The third-order valence-corrected chi connectivity index (χ3v) is 7.97. The van der Waals surface area contributed by atoms with Crippen molar-refractivity contribution in [1.82, 2.24) is 35.0 Å². The third kappa shape index (κ3) is 3.41. The van der Waals surface area contributed by atoms with Crippen LogP contribution in [0.25, 0.3) is 5.82 Å². The molecule has 1 N–H and O–H groups in total. The molecule has 0 unspecified atom stereocenters. The van der Waals surface area contributed by atoms with E-state index in [0.717, 1.165) is 43.4 Å². The summed E-state index contributed by atoms with van der Waals surface area (Å²) in [5, 5.41) is 22.2. The van der Waals surface area contributed by atoms with Gasteiger partial charge in [-0.25, -0.2) is 9.78 Å². The Bertz CT molecular complexity index is 1150. The van der Waals surface area contributed by atoms with Crippen LogP contribution in [-0.2, 0) is 14.3 Å². The predicted molar refractivity (Wildman–Crippen MR) is 117 cm³/mol. The molecule has 1 spiro atoms. The van der Waals surface area contributed by atoms with E-state index >= 15 is 0 Å². The van der Waals surface area contributed by atoms with Crippen LogP contribution in [0.4, 0.5) is 0 Å². The fourth-order valence-electron chi connectivity index (χ4n) is 6.33. The molecule has 3 saturated heterocycles. The van der Waals surface area contributed by atoms with E-state index < -0.39 is 6.10 Å². The van der Waals surface area contributed by atoms with Crippen molar-refractivity contribution < 1.29 is 19.4 Å². The summed E-state index contributed by atoms with van der Waals surface area (Å²) in [6, 6.07) is 4.22. The number of rotatable bonds is 5. The molecule has 3 fully saturated rings. The highest BCUT2D eigenvalue weighted by Crippen LogP contribution is 2.52. The van der Waals surface area contributed by atoms with Crippen LogP contribution < -0.4 is 0 Å². The minimum Gasteiger partial charge on any atom is -0.456 e. The van der Waals surface area contributed by atoms with Gasteiger partial charge in [-0.2, -0.15) is 4.68 Å². The number of amides is 1. The monoisotopic (exact) mass is 465 g/mol. The van der Waals surface area contributed by atoms with Crippen LogP contribution in [0.1, 0.15) is 49.5 Å². The second-order valence-electron chi connectivity index (χ2n) is 9.83. The largest absolute Gasteiger partial charge is 0.456 e. The highest BCUT2D eigenvalue weighted by Gasteiger charge is 2.56. The lowest BCUT2D eigenvalue weighted by molar-refractivity contribution is -0.140. The number of hydrogen-bond donors (Lipinski definition) is 1. The van der Waals surface area contributed by atoms with Crippen molar-refractivity contribution in [1.29, 1.82) is 0 Å². The maximum atomic E-state index is 13.4. The number of aliphatic hydroxyl groups excluding tert-OH is 1. The summed E-state index contributed by atoms with van der Waals surface area (Å²) in [6.45, 7) is 3.22. The zero-order valence-electron chi connectivity index (χ0n) is 19.0. The van der Waals surface area contributed by atoms with Crippen LogP contribution in [0.15, 0.2) is 30.2 Å². The molecule has 2 bridgehead atoms. The molecule has 6 rings (SSSR count). The Hall–Kier alpha value is -3.18. The van der Waals surface area contributed by atoms with Gasteiger partial charge >= 0.3 is 5.97 Å². The van der Waals surface area contributed by atoms with Crippen molar-refractivity contribution in [3.05, 3.63) is 41.5 Å². The second kappa shape index (κ2) is 7.95. The van der Waals surface area contributed by atoms with Crippen LogP contribution in [-0.4, -0.2) is 83.8 Å². The number of cyclic esters (lactones) is 1.